The predicted molar refractivity (Wildman–Crippen MR) is 120 cm³/mol. The number of carbonyl (C=O) groups excluding carboxylic acids is 3. The van der Waals surface area contributed by atoms with E-state index >= 15 is 0 Å². The zero-order chi connectivity index (χ0) is 22.2. The van der Waals surface area contributed by atoms with E-state index < -0.39 is 24.1 Å². The smallest absolute Gasteiger partial charge is 0.324 e. The molecular formula is C24H26N4O4. The molecule has 4 amide bonds. The summed E-state index contributed by atoms with van der Waals surface area (Å²) >= 11 is 0. The number of carbonyl (C=O) groups is 3. The van der Waals surface area contributed by atoms with Gasteiger partial charge >= 0.3 is 6.03 Å². The van der Waals surface area contributed by atoms with E-state index in [0.29, 0.717) is 13.1 Å². The monoisotopic (exact) mass is 434 g/mol. The van der Waals surface area contributed by atoms with E-state index in [0.717, 1.165) is 39.5 Å². The molecule has 8 nitrogen and oxygen atoms in total. The number of β-amino-alcohol motifs (C(OH)–C–C–N with tert-alkyl or cyclic N) is 1. The van der Waals surface area contributed by atoms with Crippen molar-refractivity contribution in [3.05, 3.63) is 48.5 Å². The Morgan fingerprint density at radius 1 is 0.969 bits per heavy atom. The SMILES string of the molecule is O=C(C[C@H]1NC(=O)N(C[C@@H](O)Cn2c3ccccc3c3ccccc32)C1=O)N1CCCC1. The highest BCUT2D eigenvalue weighted by atomic mass is 16.3. The Morgan fingerprint density at radius 2 is 1.56 bits per heavy atom. The van der Waals surface area contributed by atoms with Crippen molar-refractivity contribution >= 4 is 39.7 Å². The summed E-state index contributed by atoms with van der Waals surface area (Å²) in [5.74, 6) is -0.572. The largest absolute Gasteiger partial charge is 0.389 e. The van der Waals surface area contributed by atoms with Crippen molar-refractivity contribution in [2.75, 3.05) is 19.6 Å². The van der Waals surface area contributed by atoms with Gasteiger partial charge in [0.05, 0.1) is 25.6 Å². The Labute approximate surface area is 185 Å². The molecule has 2 saturated heterocycles. The maximum absolute atomic E-state index is 12.8. The molecule has 32 heavy (non-hydrogen) atoms. The maximum atomic E-state index is 12.8. The third-order valence-corrected chi connectivity index (χ3v) is 6.41. The molecule has 8 heteroatoms. The lowest BCUT2D eigenvalue weighted by Gasteiger charge is -2.20. The van der Waals surface area contributed by atoms with E-state index in [1.54, 1.807) is 4.90 Å². The highest BCUT2D eigenvalue weighted by Gasteiger charge is 2.40. The van der Waals surface area contributed by atoms with E-state index in [1.807, 2.05) is 53.1 Å². The van der Waals surface area contributed by atoms with Gasteiger partial charge in [0, 0.05) is 34.9 Å². The average Bonchev–Trinajstić information content (AvgIpc) is 3.50. The fourth-order valence-electron chi connectivity index (χ4n) is 4.84. The highest BCUT2D eigenvalue weighted by molar-refractivity contribution is 6.08. The first-order valence-corrected chi connectivity index (χ1v) is 11.1. The number of urea groups is 1. The van der Waals surface area contributed by atoms with Gasteiger partial charge in [-0.25, -0.2) is 4.79 Å². The molecule has 1 aromatic heterocycles. The number of aromatic nitrogens is 1. The molecule has 166 valence electrons. The second kappa shape index (κ2) is 8.27. The first kappa shape index (κ1) is 20.5. The van der Waals surface area contributed by atoms with E-state index in [1.165, 1.54) is 0 Å². The van der Waals surface area contributed by atoms with Crippen molar-refractivity contribution in [2.24, 2.45) is 0 Å². The van der Waals surface area contributed by atoms with Gasteiger partial charge in [0.25, 0.3) is 5.91 Å². The van der Waals surface area contributed by atoms with Crippen LogP contribution in [-0.2, 0) is 16.1 Å². The lowest BCUT2D eigenvalue weighted by Crippen LogP contribution is -2.40. The van der Waals surface area contributed by atoms with Gasteiger partial charge in [0.1, 0.15) is 6.04 Å². The second-order valence-electron chi connectivity index (χ2n) is 8.54. The van der Waals surface area contributed by atoms with Gasteiger partial charge in [0.2, 0.25) is 5.91 Å². The molecule has 2 atom stereocenters. The third kappa shape index (κ3) is 3.60. The van der Waals surface area contributed by atoms with Gasteiger partial charge in [0.15, 0.2) is 0 Å². The molecule has 0 aliphatic carbocycles. The molecule has 5 rings (SSSR count). The van der Waals surface area contributed by atoms with Crippen molar-refractivity contribution in [1.29, 1.82) is 0 Å². The fraction of sp³-hybridized carbons (Fsp3) is 0.375. The van der Waals surface area contributed by atoms with Crippen LogP contribution in [0.2, 0.25) is 0 Å². The highest BCUT2D eigenvalue weighted by Crippen LogP contribution is 2.29. The second-order valence-corrected chi connectivity index (χ2v) is 8.54. The number of fused-ring (bicyclic) bond motifs is 3. The summed E-state index contributed by atoms with van der Waals surface area (Å²) in [4.78, 5) is 40.4. The van der Waals surface area contributed by atoms with Crippen LogP contribution in [0, 0.1) is 0 Å². The summed E-state index contributed by atoms with van der Waals surface area (Å²) in [6.45, 7) is 1.52. The summed E-state index contributed by atoms with van der Waals surface area (Å²) in [6, 6.07) is 14.5. The molecule has 0 bridgehead atoms. The van der Waals surface area contributed by atoms with Crippen molar-refractivity contribution < 1.29 is 19.5 Å². The number of rotatable bonds is 6. The Bertz CT molecular complexity index is 1140. The Hall–Kier alpha value is -3.39. The number of amides is 4. The number of nitrogens with zero attached hydrogens (tertiary/aromatic N) is 3. The van der Waals surface area contributed by atoms with Crippen LogP contribution in [0.25, 0.3) is 21.8 Å². The first-order chi connectivity index (χ1) is 15.5. The lowest BCUT2D eigenvalue weighted by atomic mass is 10.2. The van der Waals surface area contributed by atoms with Crippen LogP contribution in [0.15, 0.2) is 48.5 Å². The van der Waals surface area contributed by atoms with Crippen molar-refractivity contribution in [2.45, 2.75) is 38.0 Å². The van der Waals surface area contributed by atoms with E-state index in [2.05, 4.69) is 5.32 Å². The molecule has 0 radical (unpaired) electrons. The number of aliphatic hydroxyl groups excluding tert-OH is 1. The predicted octanol–water partition coefficient (Wildman–Crippen LogP) is 2.09. The van der Waals surface area contributed by atoms with Crippen LogP contribution in [0.5, 0.6) is 0 Å². The van der Waals surface area contributed by atoms with Gasteiger partial charge in [-0.1, -0.05) is 36.4 Å². The molecule has 0 unspecified atom stereocenters. The van der Waals surface area contributed by atoms with Gasteiger partial charge in [-0.2, -0.15) is 0 Å². The quantitative estimate of drug-likeness (QED) is 0.581. The Kier molecular flexibility index (Phi) is 5.30. The Balaban J connectivity index is 1.30. The summed E-state index contributed by atoms with van der Waals surface area (Å²) < 4.78 is 2.02. The van der Waals surface area contributed by atoms with Gasteiger partial charge < -0.3 is 19.9 Å². The van der Waals surface area contributed by atoms with E-state index in [4.69, 9.17) is 0 Å². The topological polar surface area (TPSA) is 94.9 Å². The molecule has 2 aliphatic rings. The number of para-hydroxylation sites is 2. The van der Waals surface area contributed by atoms with Crippen LogP contribution in [-0.4, -0.2) is 69.1 Å². The summed E-state index contributed by atoms with van der Waals surface area (Å²) in [6.07, 6.45) is 0.955. The molecule has 3 heterocycles. The summed E-state index contributed by atoms with van der Waals surface area (Å²) in [5, 5.41) is 15.6. The molecule has 2 fully saturated rings. The number of hydrogen-bond acceptors (Lipinski definition) is 4. The molecule has 0 saturated carbocycles. The van der Waals surface area contributed by atoms with Crippen LogP contribution in [0.1, 0.15) is 19.3 Å². The van der Waals surface area contributed by atoms with Crippen LogP contribution in [0.4, 0.5) is 4.79 Å². The molecule has 2 aliphatic heterocycles. The number of hydrogen-bond donors (Lipinski definition) is 2. The molecule has 0 spiro atoms. The van der Waals surface area contributed by atoms with Crippen molar-refractivity contribution in [3.63, 3.8) is 0 Å². The number of nitrogens with one attached hydrogen (secondary N) is 1. The Morgan fingerprint density at radius 3 is 2.19 bits per heavy atom. The van der Waals surface area contributed by atoms with Gasteiger partial charge in [-0.3, -0.25) is 14.5 Å². The standard InChI is InChI=1S/C24H26N4O4/c29-16(14-27-20-9-3-1-7-17(20)18-8-2-4-10-21(18)27)15-28-23(31)19(25-24(28)32)13-22(30)26-11-5-6-12-26/h1-4,7-10,16,19,29H,5-6,11-15H2,(H,25,32)/t16-,19+/m0/s1. The number of benzene rings is 2. The van der Waals surface area contributed by atoms with E-state index in [9.17, 15) is 19.5 Å². The zero-order valence-corrected chi connectivity index (χ0v) is 17.7. The van der Waals surface area contributed by atoms with Crippen molar-refractivity contribution in [3.8, 4) is 0 Å². The first-order valence-electron chi connectivity index (χ1n) is 11.1. The number of likely N-dealkylation sites (tertiary alicyclic amines) is 1. The minimum atomic E-state index is -0.947. The minimum Gasteiger partial charge on any atom is -0.389 e. The summed E-state index contributed by atoms with van der Waals surface area (Å²) in [5.41, 5.74) is 1.97. The van der Waals surface area contributed by atoms with Crippen molar-refractivity contribution in [1.82, 2.24) is 19.7 Å². The number of imide groups is 1. The molecular weight excluding hydrogens is 408 g/mol. The minimum absolute atomic E-state index is 0.0377. The fourth-order valence-corrected chi connectivity index (χ4v) is 4.84. The zero-order valence-electron chi connectivity index (χ0n) is 17.7. The van der Waals surface area contributed by atoms with Crippen LogP contribution < -0.4 is 5.32 Å². The van der Waals surface area contributed by atoms with E-state index in [-0.39, 0.29) is 25.4 Å². The average molecular weight is 434 g/mol. The third-order valence-electron chi connectivity index (χ3n) is 6.41. The molecule has 3 aromatic rings. The summed E-state index contributed by atoms with van der Waals surface area (Å²) in [7, 11) is 0. The number of aliphatic hydroxyl groups is 1. The molecule has 2 aromatic carbocycles. The normalized spacial score (nSPS) is 19.8. The van der Waals surface area contributed by atoms with Gasteiger partial charge in [-0.15, -0.1) is 0 Å². The lowest BCUT2D eigenvalue weighted by molar-refractivity contribution is -0.135. The van der Waals surface area contributed by atoms with Gasteiger partial charge in [-0.05, 0) is 25.0 Å². The van der Waals surface area contributed by atoms with Crippen LogP contribution in [0.3, 0.4) is 0 Å². The van der Waals surface area contributed by atoms with Crippen LogP contribution >= 0.6 is 0 Å². The maximum Gasteiger partial charge on any atom is 0.324 e. The molecule has 2 N–H and O–H groups in total.